The number of carbonyl (C=O) groups is 1. The van der Waals surface area contributed by atoms with Crippen molar-refractivity contribution in [3.8, 4) is 0 Å². The molecule has 0 bridgehead atoms. The van der Waals surface area contributed by atoms with Crippen molar-refractivity contribution in [2.24, 2.45) is 0 Å². The Morgan fingerprint density at radius 3 is 2.88 bits per heavy atom. The number of rotatable bonds is 6. The first-order chi connectivity index (χ1) is 7.63. The molecule has 1 N–H and O–H groups in total. The highest BCUT2D eigenvalue weighted by Gasteiger charge is 2.34. The molecule has 0 radical (unpaired) electrons. The van der Waals surface area contributed by atoms with E-state index >= 15 is 0 Å². The first-order valence-electron chi connectivity index (χ1n) is 5.71. The molecule has 1 amide bonds. The predicted molar refractivity (Wildman–Crippen MR) is 61.4 cm³/mol. The Bertz CT molecular complexity index is 227. The minimum Gasteiger partial charge on any atom is -0.378 e. The molecule has 5 heteroatoms. The SMILES string of the molecule is CCN(C)C(=O)CNCC1(OC)CCOC1. The largest absolute Gasteiger partial charge is 0.378 e. The molecular formula is C11H22N2O3. The van der Waals surface area contributed by atoms with Crippen LogP contribution in [0.2, 0.25) is 0 Å². The van der Waals surface area contributed by atoms with Gasteiger partial charge in [-0.1, -0.05) is 0 Å². The van der Waals surface area contributed by atoms with E-state index in [1.165, 1.54) is 0 Å². The molecule has 0 aromatic heterocycles. The van der Waals surface area contributed by atoms with Crippen LogP contribution in [0, 0.1) is 0 Å². The van der Waals surface area contributed by atoms with E-state index < -0.39 is 0 Å². The molecular weight excluding hydrogens is 208 g/mol. The zero-order valence-corrected chi connectivity index (χ0v) is 10.4. The fraction of sp³-hybridized carbons (Fsp3) is 0.909. The lowest BCUT2D eigenvalue weighted by atomic mass is 10.0. The van der Waals surface area contributed by atoms with Crippen molar-refractivity contribution in [1.82, 2.24) is 10.2 Å². The van der Waals surface area contributed by atoms with Gasteiger partial charge < -0.3 is 19.7 Å². The highest BCUT2D eigenvalue weighted by atomic mass is 16.5. The van der Waals surface area contributed by atoms with Gasteiger partial charge in [0.05, 0.1) is 13.2 Å². The van der Waals surface area contributed by atoms with Crippen LogP contribution in [0.15, 0.2) is 0 Å². The van der Waals surface area contributed by atoms with E-state index in [4.69, 9.17) is 9.47 Å². The van der Waals surface area contributed by atoms with Gasteiger partial charge in [0.25, 0.3) is 0 Å². The van der Waals surface area contributed by atoms with Gasteiger partial charge >= 0.3 is 0 Å². The molecule has 1 saturated heterocycles. The van der Waals surface area contributed by atoms with Crippen LogP contribution < -0.4 is 5.32 Å². The van der Waals surface area contributed by atoms with Gasteiger partial charge in [-0.25, -0.2) is 0 Å². The second-order valence-corrected chi connectivity index (χ2v) is 4.20. The lowest BCUT2D eigenvalue weighted by Gasteiger charge is -2.26. The van der Waals surface area contributed by atoms with E-state index in [1.807, 2.05) is 6.92 Å². The van der Waals surface area contributed by atoms with Crippen molar-refractivity contribution in [1.29, 1.82) is 0 Å². The fourth-order valence-corrected chi connectivity index (χ4v) is 1.67. The Kier molecular flexibility index (Phi) is 5.18. The molecule has 1 aliphatic heterocycles. The van der Waals surface area contributed by atoms with Crippen LogP contribution >= 0.6 is 0 Å². The third kappa shape index (κ3) is 3.43. The van der Waals surface area contributed by atoms with Gasteiger partial charge in [-0.3, -0.25) is 4.79 Å². The second kappa shape index (κ2) is 6.18. The van der Waals surface area contributed by atoms with Crippen LogP contribution in [-0.2, 0) is 14.3 Å². The summed E-state index contributed by atoms with van der Waals surface area (Å²) >= 11 is 0. The zero-order chi connectivity index (χ0) is 12.0. The van der Waals surface area contributed by atoms with Gasteiger partial charge in [-0.2, -0.15) is 0 Å². The minimum atomic E-state index is -0.245. The number of nitrogens with one attached hydrogen (secondary N) is 1. The van der Waals surface area contributed by atoms with Crippen LogP contribution in [0.3, 0.4) is 0 Å². The molecule has 1 fully saturated rings. The highest BCUT2D eigenvalue weighted by Crippen LogP contribution is 2.21. The molecule has 1 atom stereocenters. The number of hydrogen-bond acceptors (Lipinski definition) is 4. The maximum absolute atomic E-state index is 11.5. The van der Waals surface area contributed by atoms with Crippen LogP contribution in [0.25, 0.3) is 0 Å². The molecule has 0 aromatic rings. The summed E-state index contributed by atoms with van der Waals surface area (Å²) in [5, 5.41) is 3.14. The van der Waals surface area contributed by atoms with Crippen LogP contribution in [-0.4, -0.2) is 63.4 Å². The standard InChI is InChI=1S/C11H22N2O3/c1-4-13(2)10(14)7-12-8-11(15-3)5-6-16-9-11/h12H,4-9H2,1-3H3. The maximum Gasteiger partial charge on any atom is 0.236 e. The Morgan fingerprint density at radius 1 is 1.62 bits per heavy atom. The maximum atomic E-state index is 11.5. The van der Waals surface area contributed by atoms with Crippen LogP contribution in [0.4, 0.5) is 0 Å². The summed E-state index contributed by atoms with van der Waals surface area (Å²) in [6.45, 7) is 5.05. The Hall–Kier alpha value is -0.650. The molecule has 1 unspecified atom stereocenters. The number of likely N-dealkylation sites (N-methyl/N-ethyl adjacent to an activating group) is 1. The van der Waals surface area contributed by atoms with Crippen molar-refractivity contribution < 1.29 is 14.3 Å². The molecule has 0 spiro atoms. The molecule has 1 heterocycles. The van der Waals surface area contributed by atoms with Crippen molar-refractivity contribution >= 4 is 5.91 Å². The number of carbonyl (C=O) groups excluding carboxylic acids is 1. The van der Waals surface area contributed by atoms with Gasteiger partial charge in [0, 0.05) is 40.3 Å². The Morgan fingerprint density at radius 2 is 2.38 bits per heavy atom. The fourth-order valence-electron chi connectivity index (χ4n) is 1.67. The van der Waals surface area contributed by atoms with Gasteiger partial charge in [-0.05, 0) is 6.92 Å². The van der Waals surface area contributed by atoms with Gasteiger partial charge in [0.2, 0.25) is 5.91 Å². The Labute approximate surface area is 97.1 Å². The topological polar surface area (TPSA) is 50.8 Å². The number of nitrogens with zero attached hydrogens (tertiary/aromatic N) is 1. The molecule has 1 rings (SSSR count). The summed E-state index contributed by atoms with van der Waals surface area (Å²) in [6, 6.07) is 0. The van der Waals surface area contributed by atoms with Gasteiger partial charge in [0.1, 0.15) is 5.60 Å². The molecule has 16 heavy (non-hydrogen) atoms. The van der Waals surface area contributed by atoms with Crippen LogP contribution in [0.1, 0.15) is 13.3 Å². The molecule has 0 aromatic carbocycles. The van der Waals surface area contributed by atoms with Crippen molar-refractivity contribution in [3.63, 3.8) is 0 Å². The molecule has 0 saturated carbocycles. The van der Waals surface area contributed by atoms with E-state index in [9.17, 15) is 4.79 Å². The van der Waals surface area contributed by atoms with Crippen LogP contribution in [0.5, 0.6) is 0 Å². The highest BCUT2D eigenvalue weighted by molar-refractivity contribution is 5.77. The average molecular weight is 230 g/mol. The van der Waals surface area contributed by atoms with E-state index in [0.717, 1.165) is 19.6 Å². The normalized spacial score (nSPS) is 24.7. The van der Waals surface area contributed by atoms with E-state index in [-0.39, 0.29) is 11.5 Å². The summed E-state index contributed by atoms with van der Waals surface area (Å²) in [4.78, 5) is 13.2. The average Bonchev–Trinajstić information content (AvgIpc) is 2.77. The summed E-state index contributed by atoms with van der Waals surface area (Å²) in [5.74, 6) is 0.104. The number of methoxy groups -OCH3 is 1. The van der Waals surface area contributed by atoms with Gasteiger partial charge in [0.15, 0.2) is 0 Å². The third-order valence-corrected chi connectivity index (χ3v) is 3.12. The molecule has 94 valence electrons. The van der Waals surface area contributed by atoms with Crippen molar-refractivity contribution in [2.75, 3.05) is 47.0 Å². The monoisotopic (exact) mass is 230 g/mol. The predicted octanol–water partition coefficient (Wildman–Crippen LogP) is -0.140. The number of hydrogen-bond donors (Lipinski definition) is 1. The molecule has 1 aliphatic rings. The van der Waals surface area contributed by atoms with Crippen molar-refractivity contribution in [2.45, 2.75) is 18.9 Å². The first kappa shape index (κ1) is 13.4. The second-order valence-electron chi connectivity index (χ2n) is 4.20. The number of ether oxygens (including phenoxy) is 2. The smallest absolute Gasteiger partial charge is 0.236 e. The summed E-state index contributed by atoms with van der Waals surface area (Å²) in [7, 11) is 3.49. The Balaban J connectivity index is 2.26. The number of amides is 1. The first-order valence-corrected chi connectivity index (χ1v) is 5.71. The lowest BCUT2D eigenvalue weighted by molar-refractivity contribution is -0.129. The zero-order valence-electron chi connectivity index (χ0n) is 10.4. The third-order valence-electron chi connectivity index (χ3n) is 3.12. The quantitative estimate of drug-likeness (QED) is 0.690. The van der Waals surface area contributed by atoms with E-state index in [0.29, 0.717) is 19.7 Å². The minimum absolute atomic E-state index is 0.104. The van der Waals surface area contributed by atoms with E-state index in [1.54, 1.807) is 19.1 Å². The summed E-state index contributed by atoms with van der Waals surface area (Å²) in [5.41, 5.74) is -0.245. The summed E-state index contributed by atoms with van der Waals surface area (Å²) < 4.78 is 10.8. The molecule has 5 nitrogen and oxygen atoms in total. The summed E-state index contributed by atoms with van der Waals surface area (Å²) in [6.07, 6.45) is 0.883. The molecule has 0 aliphatic carbocycles. The van der Waals surface area contributed by atoms with E-state index in [2.05, 4.69) is 5.32 Å². The van der Waals surface area contributed by atoms with Gasteiger partial charge in [-0.15, -0.1) is 0 Å². The van der Waals surface area contributed by atoms with Crippen molar-refractivity contribution in [3.05, 3.63) is 0 Å². The lowest BCUT2D eigenvalue weighted by Crippen LogP contribution is -2.46.